The van der Waals surface area contributed by atoms with Gasteiger partial charge >= 0.3 is 0 Å². The van der Waals surface area contributed by atoms with E-state index >= 15 is 0 Å². The summed E-state index contributed by atoms with van der Waals surface area (Å²) in [5.74, 6) is 1.57. The van der Waals surface area contributed by atoms with Crippen molar-refractivity contribution in [1.29, 1.82) is 0 Å². The van der Waals surface area contributed by atoms with Gasteiger partial charge in [0.1, 0.15) is 11.3 Å². The molecular formula is C18H15ClN4. The van der Waals surface area contributed by atoms with Gasteiger partial charge in [0.2, 0.25) is 0 Å². The lowest BCUT2D eigenvalue weighted by atomic mass is 10.1. The number of halogens is 1. The molecule has 4 rings (SSSR count). The van der Waals surface area contributed by atoms with Gasteiger partial charge in [-0.2, -0.15) is 0 Å². The lowest BCUT2D eigenvalue weighted by Crippen LogP contribution is -2.04. The van der Waals surface area contributed by atoms with Crippen molar-refractivity contribution < 1.29 is 0 Å². The van der Waals surface area contributed by atoms with E-state index in [9.17, 15) is 0 Å². The van der Waals surface area contributed by atoms with E-state index < -0.39 is 0 Å². The minimum atomic E-state index is 0.329. The number of nitrogens with zero attached hydrogens (tertiary/aromatic N) is 3. The highest BCUT2D eigenvalue weighted by Crippen LogP contribution is 2.29. The Balaban J connectivity index is 2.04. The number of fused-ring (bicyclic) bond motifs is 3. The van der Waals surface area contributed by atoms with E-state index in [4.69, 9.17) is 17.3 Å². The minimum absolute atomic E-state index is 0.329. The van der Waals surface area contributed by atoms with Crippen LogP contribution in [0.1, 0.15) is 11.4 Å². The van der Waals surface area contributed by atoms with Crippen LogP contribution in [-0.4, -0.2) is 14.5 Å². The number of aromatic nitrogens is 3. The van der Waals surface area contributed by atoms with E-state index in [1.807, 2.05) is 42.5 Å². The van der Waals surface area contributed by atoms with E-state index in [1.54, 1.807) is 0 Å². The minimum Gasteiger partial charge on any atom is -0.382 e. The predicted octanol–water partition coefficient (Wildman–Crippen LogP) is 3.95. The third-order valence-electron chi connectivity index (χ3n) is 3.99. The SMILES string of the molecule is Nc1nc2ccccc2c2c1nc(CCl)n2Cc1ccccc1. The molecule has 0 saturated carbocycles. The molecule has 0 radical (unpaired) electrons. The molecule has 114 valence electrons. The van der Waals surface area contributed by atoms with Crippen LogP contribution in [0.3, 0.4) is 0 Å². The number of pyridine rings is 1. The van der Waals surface area contributed by atoms with Crippen molar-refractivity contribution >= 4 is 39.4 Å². The molecule has 0 amide bonds. The second kappa shape index (κ2) is 5.56. The van der Waals surface area contributed by atoms with Crippen LogP contribution in [0.15, 0.2) is 54.6 Å². The van der Waals surface area contributed by atoms with Crippen LogP contribution in [0.4, 0.5) is 5.82 Å². The van der Waals surface area contributed by atoms with Gasteiger partial charge in [-0.1, -0.05) is 48.5 Å². The number of nitrogens with two attached hydrogens (primary N) is 1. The monoisotopic (exact) mass is 322 g/mol. The van der Waals surface area contributed by atoms with E-state index in [0.717, 1.165) is 27.8 Å². The third kappa shape index (κ3) is 2.32. The van der Waals surface area contributed by atoms with E-state index in [1.165, 1.54) is 5.56 Å². The molecular weight excluding hydrogens is 308 g/mol. The second-order valence-electron chi connectivity index (χ2n) is 5.44. The smallest absolute Gasteiger partial charge is 0.152 e. The maximum Gasteiger partial charge on any atom is 0.152 e. The Labute approximate surface area is 138 Å². The quantitative estimate of drug-likeness (QED) is 0.581. The van der Waals surface area contributed by atoms with Crippen molar-refractivity contribution in [3.63, 3.8) is 0 Å². The average Bonchev–Trinajstić information content (AvgIpc) is 2.95. The molecule has 0 fully saturated rings. The molecule has 0 bridgehead atoms. The van der Waals surface area contributed by atoms with Gasteiger partial charge in [0.15, 0.2) is 5.82 Å². The second-order valence-corrected chi connectivity index (χ2v) is 5.71. The Morgan fingerprint density at radius 2 is 1.70 bits per heavy atom. The largest absolute Gasteiger partial charge is 0.382 e. The maximum atomic E-state index is 6.13. The van der Waals surface area contributed by atoms with Gasteiger partial charge in [0.05, 0.1) is 16.9 Å². The molecule has 23 heavy (non-hydrogen) atoms. The topological polar surface area (TPSA) is 56.7 Å². The number of para-hydroxylation sites is 1. The highest BCUT2D eigenvalue weighted by atomic mass is 35.5. The number of anilines is 1. The van der Waals surface area contributed by atoms with Crippen LogP contribution in [0.25, 0.3) is 21.9 Å². The van der Waals surface area contributed by atoms with Crippen LogP contribution < -0.4 is 5.73 Å². The zero-order chi connectivity index (χ0) is 15.8. The molecule has 2 aromatic carbocycles. The summed E-state index contributed by atoms with van der Waals surface area (Å²) in [4.78, 5) is 9.08. The highest BCUT2D eigenvalue weighted by Gasteiger charge is 2.16. The van der Waals surface area contributed by atoms with Crippen LogP contribution in [0.2, 0.25) is 0 Å². The average molecular weight is 323 g/mol. The number of hydrogen-bond acceptors (Lipinski definition) is 3. The molecule has 0 spiro atoms. The van der Waals surface area contributed by atoms with Crippen molar-refractivity contribution in [1.82, 2.24) is 14.5 Å². The van der Waals surface area contributed by atoms with Crippen LogP contribution in [-0.2, 0) is 12.4 Å². The molecule has 4 nitrogen and oxygen atoms in total. The van der Waals surface area contributed by atoms with Gasteiger partial charge in [-0.15, -0.1) is 11.6 Å². The Kier molecular flexibility index (Phi) is 3.39. The van der Waals surface area contributed by atoms with Crippen molar-refractivity contribution in [3.05, 3.63) is 66.0 Å². The first-order chi connectivity index (χ1) is 11.3. The molecule has 0 aliphatic rings. The number of alkyl halides is 1. The fourth-order valence-electron chi connectivity index (χ4n) is 2.94. The van der Waals surface area contributed by atoms with Crippen molar-refractivity contribution in [2.24, 2.45) is 0 Å². The molecule has 5 heteroatoms. The number of rotatable bonds is 3. The predicted molar refractivity (Wildman–Crippen MR) is 94.5 cm³/mol. The van der Waals surface area contributed by atoms with Gasteiger partial charge in [0, 0.05) is 11.9 Å². The summed E-state index contributed by atoms with van der Waals surface area (Å²) in [5.41, 5.74) is 9.89. The third-order valence-corrected chi connectivity index (χ3v) is 4.23. The number of benzene rings is 2. The van der Waals surface area contributed by atoms with Crippen molar-refractivity contribution in [3.8, 4) is 0 Å². The highest BCUT2D eigenvalue weighted by molar-refractivity contribution is 6.17. The molecule has 2 aromatic heterocycles. The molecule has 0 atom stereocenters. The van der Waals surface area contributed by atoms with Crippen LogP contribution in [0.5, 0.6) is 0 Å². The lowest BCUT2D eigenvalue weighted by molar-refractivity contribution is 0.780. The van der Waals surface area contributed by atoms with Crippen LogP contribution in [0, 0.1) is 0 Å². The van der Waals surface area contributed by atoms with E-state index in [0.29, 0.717) is 18.2 Å². The first-order valence-corrected chi connectivity index (χ1v) is 7.94. The zero-order valence-electron chi connectivity index (χ0n) is 12.4. The molecule has 2 heterocycles. The Hall–Kier alpha value is -2.59. The summed E-state index contributed by atoms with van der Waals surface area (Å²) in [7, 11) is 0. The normalized spacial score (nSPS) is 11.3. The Bertz CT molecular complexity index is 992. The summed E-state index contributed by atoms with van der Waals surface area (Å²) in [6.45, 7) is 0.701. The van der Waals surface area contributed by atoms with Gasteiger partial charge < -0.3 is 10.3 Å². The summed E-state index contributed by atoms with van der Waals surface area (Å²) in [6.07, 6.45) is 0. The standard InChI is InChI=1S/C18H15ClN4/c19-10-15-22-16-17(23(15)11-12-6-2-1-3-7-12)13-8-4-5-9-14(13)21-18(16)20/h1-9H,10-11H2,(H2,20,21). The Morgan fingerprint density at radius 1 is 0.957 bits per heavy atom. The lowest BCUT2D eigenvalue weighted by Gasteiger charge is -2.10. The number of imidazole rings is 1. The molecule has 0 aliphatic heterocycles. The van der Waals surface area contributed by atoms with Gasteiger partial charge in [-0.3, -0.25) is 0 Å². The fourth-order valence-corrected chi connectivity index (χ4v) is 3.15. The summed E-state index contributed by atoms with van der Waals surface area (Å²) in [6, 6.07) is 18.2. The van der Waals surface area contributed by atoms with Crippen molar-refractivity contribution in [2.45, 2.75) is 12.4 Å². The summed E-state index contributed by atoms with van der Waals surface area (Å²) >= 11 is 6.13. The Morgan fingerprint density at radius 3 is 2.48 bits per heavy atom. The maximum absolute atomic E-state index is 6.13. The van der Waals surface area contributed by atoms with E-state index in [2.05, 4.69) is 26.7 Å². The number of hydrogen-bond donors (Lipinski definition) is 1. The number of nitrogen functional groups attached to an aromatic ring is 1. The molecule has 0 aliphatic carbocycles. The summed E-state index contributed by atoms with van der Waals surface area (Å²) < 4.78 is 2.14. The van der Waals surface area contributed by atoms with E-state index in [-0.39, 0.29) is 0 Å². The summed E-state index contributed by atoms with van der Waals surface area (Å²) in [5, 5.41) is 1.04. The first-order valence-electron chi connectivity index (χ1n) is 7.41. The molecule has 0 saturated heterocycles. The van der Waals surface area contributed by atoms with Crippen molar-refractivity contribution in [2.75, 3.05) is 5.73 Å². The zero-order valence-corrected chi connectivity index (χ0v) is 13.2. The fraction of sp³-hybridized carbons (Fsp3) is 0.111. The van der Waals surface area contributed by atoms with Crippen LogP contribution >= 0.6 is 11.6 Å². The molecule has 2 N–H and O–H groups in total. The molecule has 0 unspecified atom stereocenters. The molecule has 4 aromatic rings. The van der Waals surface area contributed by atoms with Gasteiger partial charge in [-0.25, -0.2) is 9.97 Å². The first kappa shape index (κ1) is 14.0. The van der Waals surface area contributed by atoms with Gasteiger partial charge in [0.25, 0.3) is 0 Å². The van der Waals surface area contributed by atoms with Gasteiger partial charge in [-0.05, 0) is 11.6 Å².